The van der Waals surface area contributed by atoms with Gasteiger partial charge in [-0.05, 0) is 24.8 Å². The molecule has 6 nitrogen and oxygen atoms in total. The van der Waals surface area contributed by atoms with Crippen LogP contribution in [0.15, 0.2) is 23.1 Å². The first-order chi connectivity index (χ1) is 9.63. The smallest absolute Gasteiger partial charge is 0.325 e. The molecule has 3 rings (SSSR count). The molecule has 0 amide bonds. The monoisotopic (exact) mass is 273 g/mol. The lowest BCUT2D eigenvalue weighted by Crippen LogP contribution is -2.21. The third-order valence-electron chi connectivity index (χ3n) is 4.05. The summed E-state index contributed by atoms with van der Waals surface area (Å²) in [4.78, 5) is 15.2. The van der Waals surface area contributed by atoms with Gasteiger partial charge in [0.1, 0.15) is 5.82 Å². The van der Waals surface area contributed by atoms with Crippen LogP contribution in [0.2, 0.25) is 0 Å². The van der Waals surface area contributed by atoms with Crippen LogP contribution in [0.3, 0.4) is 0 Å². The van der Waals surface area contributed by atoms with Gasteiger partial charge in [0, 0.05) is 30.9 Å². The van der Waals surface area contributed by atoms with E-state index >= 15 is 0 Å². The molecule has 20 heavy (non-hydrogen) atoms. The molecule has 0 aliphatic heterocycles. The van der Waals surface area contributed by atoms with E-state index in [1.54, 1.807) is 13.1 Å². The van der Waals surface area contributed by atoms with E-state index < -0.39 is 0 Å². The molecule has 0 saturated heterocycles. The summed E-state index contributed by atoms with van der Waals surface area (Å²) < 4.78 is 1.46. The van der Waals surface area contributed by atoms with Gasteiger partial charge in [-0.15, -0.1) is 0 Å². The van der Waals surface area contributed by atoms with E-state index in [0.717, 1.165) is 11.7 Å². The van der Waals surface area contributed by atoms with E-state index in [9.17, 15) is 4.79 Å². The van der Waals surface area contributed by atoms with Gasteiger partial charge in [0.05, 0.1) is 0 Å². The van der Waals surface area contributed by atoms with Gasteiger partial charge in [-0.2, -0.15) is 5.10 Å². The number of anilines is 2. The summed E-state index contributed by atoms with van der Waals surface area (Å²) in [5, 5.41) is 10.5. The van der Waals surface area contributed by atoms with Crippen molar-refractivity contribution in [3.8, 4) is 0 Å². The van der Waals surface area contributed by atoms with Crippen LogP contribution in [0.25, 0.3) is 0 Å². The maximum Gasteiger partial charge on any atom is 0.348 e. The quantitative estimate of drug-likeness (QED) is 0.898. The number of rotatable bonds is 3. The standard InChI is InChI=1S/C14H19N5O/c1-9-3-4-10(7-9)11-8-12(18-17-11)16-13-5-6-15-14(20)19(13)2/h5-6,8-10H,3-4,7H2,1-2H3,(H2,16,17,18). The third-order valence-corrected chi connectivity index (χ3v) is 4.05. The molecule has 6 heteroatoms. The number of aromatic amines is 1. The van der Waals surface area contributed by atoms with E-state index in [0.29, 0.717) is 11.7 Å². The normalized spacial score (nSPS) is 22.1. The van der Waals surface area contributed by atoms with Gasteiger partial charge in [0.2, 0.25) is 0 Å². The summed E-state index contributed by atoms with van der Waals surface area (Å²) in [5.74, 6) is 2.79. The van der Waals surface area contributed by atoms with Crippen LogP contribution in [-0.4, -0.2) is 19.7 Å². The first kappa shape index (κ1) is 12.9. The highest BCUT2D eigenvalue weighted by molar-refractivity contribution is 5.51. The van der Waals surface area contributed by atoms with Gasteiger partial charge in [-0.3, -0.25) is 9.67 Å². The summed E-state index contributed by atoms with van der Waals surface area (Å²) in [7, 11) is 1.68. The van der Waals surface area contributed by atoms with Crippen LogP contribution in [0.4, 0.5) is 11.6 Å². The zero-order valence-corrected chi connectivity index (χ0v) is 11.8. The molecule has 0 radical (unpaired) electrons. The van der Waals surface area contributed by atoms with Crippen LogP contribution in [0, 0.1) is 5.92 Å². The molecule has 0 bridgehead atoms. The van der Waals surface area contributed by atoms with Crippen molar-refractivity contribution in [3.63, 3.8) is 0 Å². The highest BCUT2D eigenvalue weighted by atomic mass is 16.1. The first-order valence-electron chi connectivity index (χ1n) is 6.98. The molecule has 0 aromatic carbocycles. The minimum absolute atomic E-state index is 0.282. The van der Waals surface area contributed by atoms with Crippen LogP contribution in [0.5, 0.6) is 0 Å². The SMILES string of the molecule is CC1CCC(c2cc(Nc3ccnc(=O)n3C)n[nH]2)C1. The Morgan fingerprint density at radius 3 is 3.05 bits per heavy atom. The molecule has 106 valence electrons. The van der Waals surface area contributed by atoms with Crippen molar-refractivity contribution in [2.75, 3.05) is 5.32 Å². The summed E-state index contributed by atoms with van der Waals surface area (Å²) in [6, 6.07) is 3.79. The summed E-state index contributed by atoms with van der Waals surface area (Å²) in [5.41, 5.74) is 0.895. The summed E-state index contributed by atoms with van der Waals surface area (Å²) in [6.07, 6.45) is 5.22. The van der Waals surface area contributed by atoms with Gasteiger partial charge in [-0.1, -0.05) is 13.3 Å². The van der Waals surface area contributed by atoms with E-state index in [-0.39, 0.29) is 5.69 Å². The van der Waals surface area contributed by atoms with Gasteiger partial charge in [0.15, 0.2) is 5.82 Å². The Morgan fingerprint density at radius 1 is 1.45 bits per heavy atom. The van der Waals surface area contributed by atoms with Crippen molar-refractivity contribution in [1.29, 1.82) is 0 Å². The fourth-order valence-electron chi connectivity index (χ4n) is 2.83. The molecule has 1 fully saturated rings. The molecule has 2 unspecified atom stereocenters. The first-order valence-corrected chi connectivity index (χ1v) is 6.98. The lowest BCUT2D eigenvalue weighted by molar-refractivity contribution is 0.591. The molecule has 2 atom stereocenters. The summed E-state index contributed by atoms with van der Waals surface area (Å²) >= 11 is 0. The number of hydrogen-bond acceptors (Lipinski definition) is 4. The number of nitrogens with zero attached hydrogens (tertiary/aromatic N) is 3. The van der Waals surface area contributed by atoms with Crippen LogP contribution < -0.4 is 11.0 Å². The van der Waals surface area contributed by atoms with E-state index in [2.05, 4.69) is 27.4 Å². The highest BCUT2D eigenvalue weighted by Gasteiger charge is 2.24. The molecule has 2 aromatic heterocycles. The van der Waals surface area contributed by atoms with E-state index in [4.69, 9.17) is 0 Å². The van der Waals surface area contributed by atoms with Crippen molar-refractivity contribution < 1.29 is 0 Å². The highest BCUT2D eigenvalue weighted by Crippen LogP contribution is 2.37. The molecule has 1 aliphatic rings. The predicted octanol–water partition coefficient (Wildman–Crippen LogP) is 2.15. The van der Waals surface area contributed by atoms with Crippen LogP contribution in [-0.2, 0) is 7.05 Å². The van der Waals surface area contributed by atoms with Crippen molar-refractivity contribution in [2.45, 2.75) is 32.1 Å². The summed E-state index contributed by atoms with van der Waals surface area (Å²) in [6.45, 7) is 2.29. The number of H-pyrrole nitrogens is 1. The van der Waals surface area contributed by atoms with Crippen LogP contribution >= 0.6 is 0 Å². The number of nitrogens with one attached hydrogen (secondary N) is 2. The fraction of sp³-hybridized carbons (Fsp3) is 0.500. The minimum Gasteiger partial charge on any atom is -0.325 e. The Labute approximate surface area is 117 Å². The molecule has 2 aromatic rings. The Kier molecular flexibility index (Phi) is 3.30. The number of aromatic nitrogens is 4. The van der Waals surface area contributed by atoms with E-state index in [1.807, 2.05) is 6.07 Å². The molecular formula is C14H19N5O. The lowest BCUT2D eigenvalue weighted by Gasteiger charge is -2.07. The van der Waals surface area contributed by atoms with Crippen molar-refractivity contribution in [3.05, 3.63) is 34.5 Å². The largest absolute Gasteiger partial charge is 0.348 e. The van der Waals surface area contributed by atoms with Gasteiger partial charge in [0.25, 0.3) is 0 Å². The molecule has 2 N–H and O–H groups in total. The third kappa shape index (κ3) is 2.45. The molecule has 1 saturated carbocycles. The van der Waals surface area contributed by atoms with Crippen molar-refractivity contribution >= 4 is 11.6 Å². The Bertz CT molecular complexity index is 660. The van der Waals surface area contributed by atoms with Gasteiger partial charge < -0.3 is 5.32 Å². The van der Waals surface area contributed by atoms with Crippen molar-refractivity contribution in [2.24, 2.45) is 13.0 Å². The van der Waals surface area contributed by atoms with Gasteiger partial charge in [-0.25, -0.2) is 9.78 Å². The average molecular weight is 273 g/mol. The molecule has 2 heterocycles. The van der Waals surface area contributed by atoms with Gasteiger partial charge >= 0.3 is 5.69 Å². The zero-order chi connectivity index (χ0) is 14.1. The minimum atomic E-state index is -0.282. The fourth-order valence-corrected chi connectivity index (χ4v) is 2.83. The number of hydrogen-bond donors (Lipinski definition) is 2. The second-order valence-corrected chi connectivity index (χ2v) is 5.62. The average Bonchev–Trinajstić information content (AvgIpc) is 3.04. The topological polar surface area (TPSA) is 75.6 Å². The van der Waals surface area contributed by atoms with Crippen molar-refractivity contribution in [1.82, 2.24) is 19.7 Å². The Balaban J connectivity index is 1.77. The molecular weight excluding hydrogens is 254 g/mol. The second kappa shape index (κ2) is 5.11. The Hall–Kier alpha value is -2.11. The second-order valence-electron chi connectivity index (χ2n) is 5.62. The molecule has 0 spiro atoms. The maximum atomic E-state index is 11.5. The Morgan fingerprint density at radius 2 is 2.30 bits per heavy atom. The molecule has 1 aliphatic carbocycles. The lowest BCUT2D eigenvalue weighted by atomic mass is 10.0. The predicted molar refractivity (Wildman–Crippen MR) is 77.1 cm³/mol. The van der Waals surface area contributed by atoms with E-state index in [1.165, 1.54) is 35.7 Å². The van der Waals surface area contributed by atoms with Crippen LogP contribution in [0.1, 0.15) is 37.8 Å². The maximum absolute atomic E-state index is 11.5. The zero-order valence-electron chi connectivity index (χ0n) is 11.8.